The van der Waals surface area contributed by atoms with Gasteiger partial charge in [-0.15, -0.1) is 0 Å². The molecule has 1 atom stereocenters. The topological polar surface area (TPSA) is 54.5 Å². The maximum absolute atomic E-state index is 12.5. The first-order valence-electron chi connectivity index (χ1n) is 6.79. The fraction of sp³-hybridized carbons (Fsp3) is 0.571. The Labute approximate surface area is 114 Å². The molecular weight excluding hydrogens is 242 g/mol. The summed E-state index contributed by atoms with van der Waals surface area (Å²) in [5.74, 6) is 0.0520. The van der Waals surface area contributed by atoms with Crippen LogP contribution in [0.3, 0.4) is 0 Å². The number of rotatable bonds is 4. The van der Waals surface area contributed by atoms with Gasteiger partial charge in [-0.25, -0.2) is 0 Å². The van der Waals surface area contributed by atoms with Crippen LogP contribution >= 0.6 is 0 Å². The van der Waals surface area contributed by atoms with E-state index in [1.165, 1.54) is 0 Å². The van der Waals surface area contributed by atoms with Crippen LogP contribution < -0.4 is 5.32 Å². The number of ether oxygens (including phenoxy) is 1. The Morgan fingerprint density at radius 3 is 3.21 bits per heavy atom. The van der Waals surface area contributed by atoms with Crippen molar-refractivity contribution >= 4 is 11.6 Å². The predicted molar refractivity (Wildman–Crippen MR) is 74.3 cm³/mol. The van der Waals surface area contributed by atoms with E-state index in [0.717, 1.165) is 25.1 Å². The zero-order valence-electron chi connectivity index (χ0n) is 11.6. The second-order valence-electron chi connectivity index (χ2n) is 4.64. The Hall–Kier alpha value is -1.62. The van der Waals surface area contributed by atoms with Crippen molar-refractivity contribution in [1.82, 2.24) is 9.88 Å². The van der Waals surface area contributed by atoms with Gasteiger partial charge in [0.05, 0.1) is 23.6 Å². The maximum Gasteiger partial charge on any atom is 0.256 e. The number of anilines is 1. The van der Waals surface area contributed by atoms with Gasteiger partial charge in [0.2, 0.25) is 0 Å². The summed E-state index contributed by atoms with van der Waals surface area (Å²) >= 11 is 0. The van der Waals surface area contributed by atoms with E-state index in [1.54, 1.807) is 25.5 Å². The average molecular weight is 263 g/mol. The number of carbonyl (C=O) groups is 1. The highest BCUT2D eigenvalue weighted by Crippen LogP contribution is 2.19. The lowest BCUT2D eigenvalue weighted by molar-refractivity contribution is 0.00727. The average Bonchev–Trinajstić information content (AvgIpc) is 2.47. The van der Waals surface area contributed by atoms with Crippen LogP contribution in [0.1, 0.15) is 30.1 Å². The number of aromatic nitrogens is 1. The summed E-state index contributed by atoms with van der Waals surface area (Å²) in [7, 11) is 1.80. The molecule has 1 N–H and O–H groups in total. The monoisotopic (exact) mass is 263 g/mol. The summed E-state index contributed by atoms with van der Waals surface area (Å²) in [5, 5.41) is 3.01. The van der Waals surface area contributed by atoms with Crippen molar-refractivity contribution in [2.24, 2.45) is 0 Å². The predicted octanol–water partition coefficient (Wildman–Crippen LogP) is 1.76. The van der Waals surface area contributed by atoms with Crippen LogP contribution in [-0.2, 0) is 4.74 Å². The molecule has 1 aromatic rings. The van der Waals surface area contributed by atoms with Crippen molar-refractivity contribution in [1.29, 1.82) is 0 Å². The Morgan fingerprint density at radius 1 is 1.63 bits per heavy atom. The van der Waals surface area contributed by atoms with Gasteiger partial charge in [-0.05, 0) is 25.8 Å². The molecule has 2 rings (SSSR count). The molecule has 1 amide bonds. The molecule has 1 unspecified atom stereocenters. The fourth-order valence-electron chi connectivity index (χ4n) is 2.44. The molecule has 0 spiro atoms. The zero-order valence-corrected chi connectivity index (χ0v) is 11.6. The van der Waals surface area contributed by atoms with Gasteiger partial charge in [0.15, 0.2) is 0 Å². The molecule has 0 aromatic carbocycles. The lowest BCUT2D eigenvalue weighted by Gasteiger charge is -2.32. The molecule has 104 valence electrons. The largest absolute Gasteiger partial charge is 0.386 e. The van der Waals surface area contributed by atoms with Gasteiger partial charge in [-0.1, -0.05) is 0 Å². The van der Waals surface area contributed by atoms with E-state index in [-0.39, 0.29) is 12.0 Å². The third-order valence-corrected chi connectivity index (χ3v) is 3.39. The van der Waals surface area contributed by atoms with Crippen molar-refractivity contribution in [2.45, 2.75) is 25.9 Å². The molecule has 0 bridgehead atoms. The van der Waals surface area contributed by atoms with Gasteiger partial charge in [0, 0.05) is 32.9 Å². The minimum atomic E-state index is 0.0520. The molecule has 2 heterocycles. The Kier molecular flexibility index (Phi) is 4.74. The minimum Gasteiger partial charge on any atom is -0.386 e. The number of pyridine rings is 1. The fourth-order valence-corrected chi connectivity index (χ4v) is 2.44. The molecule has 1 aliphatic heterocycles. The quantitative estimate of drug-likeness (QED) is 0.899. The molecule has 5 heteroatoms. The van der Waals surface area contributed by atoms with Crippen LogP contribution in [0.2, 0.25) is 0 Å². The molecule has 0 radical (unpaired) electrons. The van der Waals surface area contributed by atoms with Crippen molar-refractivity contribution in [3.8, 4) is 0 Å². The molecule has 0 aliphatic carbocycles. The van der Waals surface area contributed by atoms with Crippen molar-refractivity contribution < 1.29 is 9.53 Å². The first-order valence-corrected chi connectivity index (χ1v) is 6.79. The maximum atomic E-state index is 12.5. The number of nitrogens with zero attached hydrogens (tertiary/aromatic N) is 2. The number of nitrogens with one attached hydrogen (secondary N) is 1. The standard InChI is InChI=1S/C14H21N3O2/c1-3-19-11-5-4-8-17(10-11)14(18)12-6-7-16-9-13(12)15-2/h6-7,9,11,15H,3-5,8,10H2,1-2H3. The van der Waals surface area contributed by atoms with Gasteiger partial charge >= 0.3 is 0 Å². The number of hydrogen-bond acceptors (Lipinski definition) is 4. The van der Waals surface area contributed by atoms with Crippen LogP contribution in [0.4, 0.5) is 5.69 Å². The van der Waals surface area contributed by atoms with Crippen LogP contribution in [-0.4, -0.2) is 48.6 Å². The van der Waals surface area contributed by atoms with E-state index in [4.69, 9.17) is 4.74 Å². The van der Waals surface area contributed by atoms with Crippen molar-refractivity contribution in [2.75, 3.05) is 32.1 Å². The highest BCUT2D eigenvalue weighted by molar-refractivity contribution is 5.99. The third-order valence-electron chi connectivity index (χ3n) is 3.39. The summed E-state index contributed by atoms with van der Waals surface area (Å²) in [6, 6.07) is 1.76. The molecule has 5 nitrogen and oxygen atoms in total. The number of carbonyl (C=O) groups excluding carboxylic acids is 1. The number of piperidine rings is 1. The van der Waals surface area contributed by atoms with Crippen LogP contribution in [0, 0.1) is 0 Å². The van der Waals surface area contributed by atoms with E-state index in [9.17, 15) is 4.79 Å². The lowest BCUT2D eigenvalue weighted by atomic mass is 10.1. The summed E-state index contributed by atoms with van der Waals surface area (Å²) in [6.07, 6.45) is 5.53. The summed E-state index contributed by atoms with van der Waals surface area (Å²) in [4.78, 5) is 18.4. The smallest absolute Gasteiger partial charge is 0.256 e. The van der Waals surface area contributed by atoms with E-state index < -0.39 is 0 Å². The molecule has 19 heavy (non-hydrogen) atoms. The summed E-state index contributed by atoms with van der Waals surface area (Å²) < 4.78 is 5.63. The highest BCUT2D eigenvalue weighted by atomic mass is 16.5. The molecule has 0 saturated carbocycles. The Balaban J connectivity index is 2.10. The number of amides is 1. The second-order valence-corrected chi connectivity index (χ2v) is 4.64. The van der Waals surface area contributed by atoms with Gasteiger partial charge < -0.3 is 15.0 Å². The van der Waals surface area contributed by atoms with E-state index in [1.807, 2.05) is 11.8 Å². The second kappa shape index (κ2) is 6.52. The zero-order chi connectivity index (χ0) is 13.7. The number of hydrogen-bond donors (Lipinski definition) is 1. The highest BCUT2D eigenvalue weighted by Gasteiger charge is 2.25. The van der Waals surface area contributed by atoms with Crippen molar-refractivity contribution in [3.63, 3.8) is 0 Å². The SMILES string of the molecule is CCOC1CCCN(C(=O)c2ccncc2NC)C1. The number of likely N-dealkylation sites (tertiary alicyclic amines) is 1. The third kappa shape index (κ3) is 3.23. The normalized spacial score (nSPS) is 19.3. The Morgan fingerprint density at radius 2 is 2.47 bits per heavy atom. The van der Waals surface area contributed by atoms with Crippen LogP contribution in [0.25, 0.3) is 0 Å². The van der Waals surface area contributed by atoms with Gasteiger partial charge in [0.25, 0.3) is 5.91 Å². The lowest BCUT2D eigenvalue weighted by Crippen LogP contribution is -2.43. The molecule has 1 fully saturated rings. The molecule has 1 aliphatic rings. The molecule has 1 saturated heterocycles. The summed E-state index contributed by atoms with van der Waals surface area (Å²) in [5.41, 5.74) is 1.45. The first-order chi connectivity index (χ1) is 9.26. The van der Waals surface area contributed by atoms with E-state index >= 15 is 0 Å². The van der Waals surface area contributed by atoms with Gasteiger partial charge in [-0.3, -0.25) is 9.78 Å². The minimum absolute atomic E-state index is 0.0520. The van der Waals surface area contributed by atoms with Crippen LogP contribution in [0.15, 0.2) is 18.5 Å². The van der Waals surface area contributed by atoms with Gasteiger partial charge in [0.1, 0.15) is 0 Å². The Bertz CT molecular complexity index is 434. The molecule has 1 aromatic heterocycles. The van der Waals surface area contributed by atoms with E-state index in [0.29, 0.717) is 18.7 Å². The van der Waals surface area contributed by atoms with Gasteiger partial charge in [-0.2, -0.15) is 0 Å². The van der Waals surface area contributed by atoms with E-state index in [2.05, 4.69) is 10.3 Å². The van der Waals surface area contributed by atoms with Crippen molar-refractivity contribution in [3.05, 3.63) is 24.0 Å². The first kappa shape index (κ1) is 13.8. The van der Waals surface area contributed by atoms with Crippen LogP contribution in [0.5, 0.6) is 0 Å². The molecular formula is C14H21N3O2. The summed E-state index contributed by atoms with van der Waals surface area (Å²) in [6.45, 7) is 4.17.